The van der Waals surface area contributed by atoms with E-state index >= 15 is 0 Å². The van der Waals surface area contributed by atoms with Gasteiger partial charge in [0.15, 0.2) is 0 Å². The molecule has 0 aliphatic heterocycles. The van der Waals surface area contributed by atoms with Crippen molar-refractivity contribution < 1.29 is 0 Å². The fourth-order valence-corrected chi connectivity index (χ4v) is 7.88. The van der Waals surface area contributed by atoms with Crippen molar-refractivity contribution in [3.8, 4) is 11.4 Å². The van der Waals surface area contributed by atoms with E-state index in [4.69, 9.17) is 57.9 Å². The van der Waals surface area contributed by atoms with Gasteiger partial charge in [0.1, 0.15) is 23.3 Å². The van der Waals surface area contributed by atoms with Gasteiger partial charge in [0.05, 0.1) is 31.5 Å². The summed E-state index contributed by atoms with van der Waals surface area (Å²) in [5.41, 5.74) is 13.0. The number of benzene rings is 2. The summed E-state index contributed by atoms with van der Waals surface area (Å²) >= 11 is 24.7. The lowest BCUT2D eigenvalue weighted by Crippen LogP contribution is -2.46. The Kier molecular flexibility index (Phi) is 12.4. The topological polar surface area (TPSA) is 128 Å². The Bertz CT molecular complexity index is 1880. The van der Waals surface area contributed by atoms with Crippen LogP contribution < -0.4 is 32.4 Å². The van der Waals surface area contributed by atoms with Gasteiger partial charge in [-0.25, -0.2) is 9.97 Å². The highest BCUT2D eigenvalue weighted by atomic mass is 35.5. The van der Waals surface area contributed by atoms with Crippen LogP contribution in [0.1, 0.15) is 76.9 Å². The van der Waals surface area contributed by atoms with E-state index in [1.54, 1.807) is 62.4 Å². The first-order chi connectivity index (χ1) is 24.4. The lowest BCUT2D eigenvalue weighted by Gasteiger charge is -2.39. The SMILES string of the molecule is Cc1nc(N(C)C2CCC(C)(N)CC2)cc(=O)n1-c1cccc(Cl)c1Cl.Cc1nc(N(C)C2CCC(C)(N)CC2)cc(=O)n1-c1cccc(Cl)c1Cl. The summed E-state index contributed by atoms with van der Waals surface area (Å²) in [5.74, 6) is 2.49. The maximum Gasteiger partial charge on any atom is 0.260 e. The quantitative estimate of drug-likeness (QED) is 0.202. The molecule has 0 radical (unpaired) electrons. The number of halogens is 4. The van der Waals surface area contributed by atoms with Crippen LogP contribution >= 0.6 is 46.4 Å². The third kappa shape index (κ3) is 8.97. The lowest BCUT2D eigenvalue weighted by molar-refractivity contribution is 0.290. The van der Waals surface area contributed by atoms with Crippen LogP contribution in [-0.4, -0.2) is 56.4 Å². The van der Waals surface area contributed by atoms with E-state index in [0.717, 1.165) is 51.4 Å². The van der Waals surface area contributed by atoms with Crippen molar-refractivity contribution in [2.75, 3.05) is 23.9 Å². The number of aryl methyl sites for hydroxylation is 2. The van der Waals surface area contributed by atoms with E-state index in [0.29, 0.717) is 66.8 Å². The van der Waals surface area contributed by atoms with Crippen molar-refractivity contribution in [3.05, 3.63) is 101 Å². The minimum Gasteiger partial charge on any atom is -0.356 e. The zero-order chi connectivity index (χ0) is 38.1. The van der Waals surface area contributed by atoms with Crippen molar-refractivity contribution in [2.45, 2.75) is 102 Å². The van der Waals surface area contributed by atoms with E-state index < -0.39 is 0 Å². The minimum absolute atomic E-state index is 0.0899. The molecule has 2 fully saturated rings. The predicted molar refractivity (Wildman–Crippen MR) is 216 cm³/mol. The van der Waals surface area contributed by atoms with Gasteiger partial charge >= 0.3 is 0 Å². The first-order valence-electron chi connectivity index (χ1n) is 17.5. The van der Waals surface area contributed by atoms with Gasteiger partial charge in [-0.05, 0) is 103 Å². The second-order valence-corrected chi connectivity index (χ2v) is 16.4. The molecule has 2 aromatic heterocycles. The molecule has 2 aliphatic rings. The van der Waals surface area contributed by atoms with E-state index in [9.17, 15) is 9.59 Å². The maximum atomic E-state index is 12.8. The lowest BCUT2D eigenvalue weighted by atomic mass is 9.81. The number of nitrogens with zero attached hydrogens (tertiary/aromatic N) is 6. The number of nitrogens with two attached hydrogens (primary N) is 2. The Morgan fingerprint density at radius 1 is 0.654 bits per heavy atom. The molecule has 14 heteroatoms. The molecule has 0 bridgehead atoms. The van der Waals surface area contributed by atoms with E-state index in [-0.39, 0.29) is 22.2 Å². The van der Waals surface area contributed by atoms with Crippen LogP contribution in [0, 0.1) is 13.8 Å². The summed E-state index contributed by atoms with van der Waals surface area (Å²) in [5, 5.41) is 1.50. The summed E-state index contributed by atoms with van der Waals surface area (Å²) < 4.78 is 2.98. The molecular weight excluding hydrogens is 742 g/mol. The van der Waals surface area contributed by atoms with Gasteiger partial charge in [0, 0.05) is 49.4 Å². The van der Waals surface area contributed by atoms with E-state index in [1.165, 1.54) is 9.13 Å². The van der Waals surface area contributed by atoms with Gasteiger partial charge < -0.3 is 21.3 Å². The summed E-state index contributed by atoms with van der Waals surface area (Å²) in [7, 11) is 3.98. The van der Waals surface area contributed by atoms with Crippen molar-refractivity contribution in [2.24, 2.45) is 11.5 Å². The predicted octanol–water partition coefficient (Wildman–Crippen LogP) is 7.89. The van der Waals surface area contributed by atoms with Gasteiger partial charge in [-0.3, -0.25) is 18.7 Å². The van der Waals surface area contributed by atoms with E-state index in [2.05, 4.69) is 33.6 Å². The van der Waals surface area contributed by atoms with Crippen LogP contribution in [0.15, 0.2) is 58.1 Å². The first-order valence-corrected chi connectivity index (χ1v) is 19.0. The number of hydrogen-bond acceptors (Lipinski definition) is 8. The molecule has 0 unspecified atom stereocenters. The highest BCUT2D eigenvalue weighted by Crippen LogP contribution is 2.33. The van der Waals surface area contributed by atoms with Gasteiger partial charge in [-0.15, -0.1) is 0 Å². The standard InChI is InChI=1S/2C19H24Cl2N4O/c2*1-12-23-16(24(3)13-7-9-19(2,22)10-8-13)11-17(26)25(12)15-6-4-5-14(20)18(15)21/h2*4-6,11,13H,7-10,22H2,1-3H3. The van der Waals surface area contributed by atoms with Gasteiger partial charge in [0.2, 0.25) is 0 Å². The molecule has 52 heavy (non-hydrogen) atoms. The number of anilines is 2. The number of rotatable bonds is 6. The Balaban J connectivity index is 0.000000201. The molecule has 2 aliphatic carbocycles. The highest BCUT2D eigenvalue weighted by Gasteiger charge is 2.31. The zero-order valence-electron chi connectivity index (χ0n) is 30.6. The molecule has 0 spiro atoms. The maximum absolute atomic E-state index is 12.8. The summed E-state index contributed by atoms with van der Waals surface area (Å²) in [6.45, 7) is 7.80. The van der Waals surface area contributed by atoms with Gasteiger partial charge in [-0.1, -0.05) is 58.5 Å². The van der Waals surface area contributed by atoms with Crippen LogP contribution in [-0.2, 0) is 0 Å². The summed E-state index contributed by atoms with van der Waals surface area (Å²) in [4.78, 5) is 39.1. The largest absolute Gasteiger partial charge is 0.356 e. The van der Waals surface area contributed by atoms with Gasteiger partial charge in [0.25, 0.3) is 11.1 Å². The Labute approximate surface area is 325 Å². The highest BCUT2D eigenvalue weighted by molar-refractivity contribution is 6.43. The number of hydrogen-bond donors (Lipinski definition) is 2. The average molecular weight is 791 g/mol. The molecule has 2 heterocycles. The van der Waals surface area contributed by atoms with Crippen molar-refractivity contribution in [3.63, 3.8) is 0 Å². The van der Waals surface area contributed by atoms with E-state index in [1.807, 2.05) is 14.1 Å². The monoisotopic (exact) mass is 788 g/mol. The normalized spacial score (nSPS) is 23.1. The summed E-state index contributed by atoms with van der Waals surface area (Å²) in [6, 6.07) is 14.2. The third-order valence-corrected chi connectivity index (χ3v) is 12.1. The van der Waals surface area contributed by atoms with Gasteiger partial charge in [-0.2, -0.15) is 0 Å². The van der Waals surface area contributed by atoms with Crippen molar-refractivity contribution >= 4 is 58.0 Å². The molecule has 0 amide bonds. The molecule has 0 atom stereocenters. The molecule has 2 saturated carbocycles. The second-order valence-electron chi connectivity index (χ2n) is 14.8. The fraction of sp³-hybridized carbons (Fsp3) is 0.474. The molecule has 0 saturated heterocycles. The third-order valence-electron chi connectivity index (χ3n) is 10.5. The first kappa shape index (κ1) is 40.1. The molecule has 4 aromatic rings. The fourth-order valence-electron chi connectivity index (χ4n) is 7.12. The molecular formula is C38H48Cl4N8O2. The van der Waals surface area contributed by atoms with Crippen molar-refractivity contribution in [1.82, 2.24) is 19.1 Å². The smallest absolute Gasteiger partial charge is 0.260 e. The van der Waals surface area contributed by atoms with Crippen LogP contribution in [0.5, 0.6) is 0 Å². The molecule has 6 rings (SSSR count). The Morgan fingerprint density at radius 3 is 1.29 bits per heavy atom. The minimum atomic E-state index is -0.178. The van der Waals surface area contributed by atoms with Crippen LogP contribution in [0.3, 0.4) is 0 Å². The Morgan fingerprint density at radius 2 is 0.981 bits per heavy atom. The molecule has 280 valence electrons. The van der Waals surface area contributed by atoms with Crippen LogP contribution in [0.4, 0.5) is 11.6 Å². The Hall–Kier alpha value is -3.12. The zero-order valence-corrected chi connectivity index (χ0v) is 33.6. The van der Waals surface area contributed by atoms with Crippen LogP contribution in [0.25, 0.3) is 11.4 Å². The second kappa shape index (κ2) is 16.1. The molecule has 10 nitrogen and oxygen atoms in total. The van der Waals surface area contributed by atoms with Crippen molar-refractivity contribution in [1.29, 1.82) is 0 Å². The summed E-state index contributed by atoms with van der Waals surface area (Å²) in [6.07, 6.45) is 7.85. The number of aromatic nitrogens is 4. The molecule has 4 N–H and O–H groups in total. The average Bonchev–Trinajstić information content (AvgIpc) is 3.07. The molecule has 2 aromatic carbocycles. The van der Waals surface area contributed by atoms with Crippen LogP contribution in [0.2, 0.25) is 20.1 Å².